The zero-order valence-electron chi connectivity index (χ0n) is 11.4. The topological polar surface area (TPSA) is 12.5 Å². The zero-order chi connectivity index (χ0) is 13.1. The Morgan fingerprint density at radius 2 is 1.89 bits per heavy atom. The summed E-state index contributed by atoms with van der Waals surface area (Å²) < 4.78 is 5.53. The summed E-state index contributed by atoms with van der Waals surface area (Å²) in [4.78, 5) is 2.63. The number of halogens is 1. The summed E-state index contributed by atoms with van der Waals surface area (Å²) in [5.74, 6) is 0. The van der Waals surface area contributed by atoms with Crippen LogP contribution in [0.15, 0.2) is 24.3 Å². The fourth-order valence-corrected chi connectivity index (χ4v) is 4.04. The Bertz CT molecular complexity index is 429. The van der Waals surface area contributed by atoms with Gasteiger partial charge in [-0.1, -0.05) is 40.2 Å². The molecule has 0 N–H and O–H groups in total. The van der Waals surface area contributed by atoms with E-state index in [9.17, 15) is 0 Å². The number of hydrogen-bond acceptors (Lipinski definition) is 2. The Kier molecular flexibility index (Phi) is 4.25. The Morgan fingerprint density at radius 3 is 2.63 bits per heavy atom. The number of nitrogens with zero attached hydrogens (tertiary/aromatic N) is 1. The molecular weight excluding hydrogens is 302 g/mol. The van der Waals surface area contributed by atoms with E-state index in [0.717, 1.165) is 25.1 Å². The van der Waals surface area contributed by atoms with Crippen molar-refractivity contribution in [2.45, 2.75) is 25.8 Å². The summed E-state index contributed by atoms with van der Waals surface area (Å²) in [6, 6.07) is 8.89. The first-order valence-electron chi connectivity index (χ1n) is 7.24. The van der Waals surface area contributed by atoms with E-state index < -0.39 is 0 Å². The standard InChI is InChI=1S/C16H22BrNO/c17-12-16(6-9-19-10-7-16)13-18-8-5-14-3-1-2-4-15(14)11-18/h1-4H,5-13H2. The molecule has 1 aromatic rings. The molecule has 0 unspecified atom stereocenters. The number of benzene rings is 1. The Balaban J connectivity index is 1.68. The van der Waals surface area contributed by atoms with Gasteiger partial charge in [0.2, 0.25) is 0 Å². The number of rotatable bonds is 3. The summed E-state index contributed by atoms with van der Waals surface area (Å²) in [5.41, 5.74) is 3.48. The number of ether oxygens (including phenoxy) is 1. The summed E-state index contributed by atoms with van der Waals surface area (Å²) in [6.07, 6.45) is 3.58. The van der Waals surface area contributed by atoms with Gasteiger partial charge in [-0.15, -0.1) is 0 Å². The van der Waals surface area contributed by atoms with Crippen molar-refractivity contribution >= 4 is 15.9 Å². The highest BCUT2D eigenvalue weighted by atomic mass is 79.9. The predicted octanol–water partition coefficient (Wildman–Crippen LogP) is 3.24. The Labute approximate surface area is 124 Å². The molecule has 0 radical (unpaired) electrons. The van der Waals surface area contributed by atoms with Crippen LogP contribution in [-0.4, -0.2) is 36.5 Å². The molecule has 1 fully saturated rings. The lowest BCUT2D eigenvalue weighted by molar-refractivity contribution is 0.00595. The second-order valence-corrected chi connectivity index (χ2v) is 6.54. The molecule has 2 aliphatic rings. The van der Waals surface area contributed by atoms with Gasteiger partial charge in [-0.3, -0.25) is 4.90 Å². The van der Waals surface area contributed by atoms with Crippen molar-refractivity contribution in [3.8, 4) is 0 Å². The van der Waals surface area contributed by atoms with Crippen molar-refractivity contribution in [1.29, 1.82) is 0 Å². The molecule has 19 heavy (non-hydrogen) atoms. The van der Waals surface area contributed by atoms with Gasteiger partial charge in [0, 0.05) is 38.2 Å². The molecule has 0 atom stereocenters. The normalized spacial score (nSPS) is 23.0. The molecule has 2 aliphatic heterocycles. The van der Waals surface area contributed by atoms with Crippen molar-refractivity contribution in [3.63, 3.8) is 0 Å². The van der Waals surface area contributed by atoms with E-state index in [-0.39, 0.29) is 0 Å². The molecule has 3 rings (SSSR count). The molecule has 104 valence electrons. The quantitative estimate of drug-likeness (QED) is 0.792. The van der Waals surface area contributed by atoms with Crippen LogP contribution >= 0.6 is 15.9 Å². The highest BCUT2D eigenvalue weighted by molar-refractivity contribution is 9.09. The van der Waals surface area contributed by atoms with Crippen LogP contribution in [0, 0.1) is 5.41 Å². The summed E-state index contributed by atoms with van der Waals surface area (Å²) in [5, 5.41) is 1.10. The lowest BCUT2D eigenvalue weighted by Crippen LogP contribution is -2.44. The van der Waals surface area contributed by atoms with Crippen molar-refractivity contribution in [1.82, 2.24) is 4.90 Å². The van der Waals surface area contributed by atoms with Gasteiger partial charge >= 0.3 is 0 Å². The third-order valence-corrected chi connectivity index (χ3v) is 5.80. The molecule has 3 heteroatoms. The lowest BCUT2D eigenvalue weighted by Gasteiger charge is -2.41. The van der Waals surface area contributed by atoms with E-state index in [2.05, 4.69) is 45.1 Å². The molecule has 1 aromatic carbocycles. The molecule has 0 aliphatic carbocycles. The van der Waals surface area contributed by atoms with Crippen LogP contribution in [0.5, 0.6) is 0 Å². The van der Waals surface area contributed by atoms with E-state index >= 15 is 0 Å². The minimum Gasteiger partial charge on any atom is -0.381 e. The van der Waals surface area contributed by atoms with Crippen molar-refractivity contribution in [2.75, 3.05) is 31.6 Å². The number of hydrogen-bond donors (Lipinski definition) is 0. The van der Waals surface area contributed by atoms with E-state index in [1.54, 1.807) is 5.56 Å². The highest BCUT2D eigenvalue weighted by Crippen LogP contribution is 2.34. The summed E-state index contributed by atoms with van der Waals surface area (Å²) in [7, 11) is 0. The molecule has 0 aromatic heterocycles. The largest absolute Gasteiger partial charge is 0.381 e. The zero-order valence-corrected chi connectivity index (χ0v) is 13.0. The first-order chi connectivity index (χ1) is 9.31. The molecule has 0 amide bonds. The van der Waals surface area contributed by atoms with Crippen LogP contribution in [0.25, 0.3) is 0 Å². The third-order valence-electron chi connectivity index (χ3n) is 4.61. The van der Waals surface area contributed by atoms with Crippen LogP contribution in [0.3, 0.4) is 0 Å². The van der Waals surface area contributed by atoms with Gasteiger partial charge in [-0.25, -0.2) is 0 Å². The first kappa shape index (κ1) is 13.6. The van der Waals surface area contributed by atoms with Gasteiger partial charge in [-0.2, -0.15) is 0 Å². The van der Waals surface area contributed by atoms with Gasteiger partial charge < -0.3 is 4.74 Å². The van der Waals surface area contributed by atoms with E-state index in [1.807, 2.05) is 0 Å². The van der Waals surface area contributed by atoms with Crippen molar-refractivity contribution in [3.05, 3.63) is 35.4 Å². The van der Waals surface area contributed by atoms with Crippen molar-refractivity contribution < 1.29 is 4.74 Å². The number of alkyl halides is 1. The summed E-state index contributed by atoms with van der Waals surface area (Å²) >= 11 is 3.74. The fourth-order valence-electron chi connectivity index (χ4n) is 3.30. The van der Waals surface area contributed by atoms with Crippen LogP contribution in [0.2, 0.25) is 0 Å². The average molecular weight is 324 g/mol. The molecular formula is C16H22BrNO. The van der Waals surface area contributed by atoms with Gasteiger partial charge in [0.15, 0.2) is 0 Å². The van der Waals surface area contributed by atoms with Crippen LogP contribution in [-0.2, 0) is 17.7 Å². The average Bonchev–Trinajstić information content (AvgIpc) is 2.48. The highest BCUT2D eigenvalue weighted by Gasteiger charge is 2.34. The minimum absolute atomic E-state index is 0.421. The monoisotopic (exact) mass is 323 g/mol. The van der Waals surface area contributed by atoms with E-state index in [1.165, 1.54) is 37.9 Å². The molecule has 2 nitrogen and oxygen atoms in total. The van der Waals surface area contributed by atoms with Crippen molar-refractivity contribution in [2.24, 2.45) is 5.41 Å². The molecule has 0 saturated carbocycles. The van der Waals surface area contributed by atoms with Gasteiger partial charge in [0.1, 0.15) is 0 Å². The van der Waals surface area contributed by atoms with Crippen LogP contribution in [0.1, 0.15) is 24.0 Å². The second kappa shape index (κ2) is 5.94. The maximum absolute atomic E-state index is 5.53. The first-order valence-corrected chi connectivity index (χ1v) is 8.36. The maximum Gasteiger partial charge on any atom is 0.0472 e. The minimum atomic E-state index is 0.421. The summed E-state index contributed by atoms with van der Waals surface area (Å²) in [6.45, 7) is 5.38. The third kappa shape index (κ3) is 3.04. The van der Waals surface area contributed by atoms with Gasteiger partial charge in [0.25, 0.3) is 0 Å². The number of fused-ring (bicyclic) bond motifs is 1. The fraction of sp³-hybridized carbons (Fsp3) is 0.625. The van der Waals surface area contributed by atoms with E-state index in [0.29, 0.717) is 5.41 Å². The van der Waals surface area contributed by atoms with Crippen LogP contribution < -0.4 is 0 Å². The Morgan fingerprint density at radius 1 is 1.16 bits per heavy atom. The lowest BCUT2D eigenvalue weighted by atomic mass is 9.81. The maximum atomic E-state index is 5.53. The van der Waals surface area contributed by atoms with Crippen LogP contribution in [0.4, 0.5) is 0 Å². The SMILES string of the molecule is BrCC1(CN2CCc3ccccc3C2)CCOCC1. The van der Waals surface area contributed by atoms with Gasteiger partial charge in [0.05, 0.1) is 0 Å². The molecule has 1 saturated heterocycles. The molecule has 0 bridgehead atoms. The predicted molar refractivity (Wildman–Crippen MR) is 81.7 cm³/mol. The molecule has 0 spiro atoms. The van der Waals surface area contributed by atoms with E-state index in [4.69, 9.17) is 4.74 Å². The Hall–Kier alpha value is -0.380. The van der Waals surface area contributed by atoms with Gasteiger partial charge in [-0.05, 0) is 35.8 Å². The smallest absolute Gasteiger partial charge is 0.0472 e. The second-order valence-electron chi connectivity index (χ2n) is 5.98. The molecule has 2 heterocycles.